The molecule has 0 radical (unpaired) electrons. The van der Waals surface area contributed by atoms with E-state index < -0.39 is 0 Å². The van der Waals surface area contributed by atoms with E-state index in [1.54, 1.807) is 31.3 Å². The van der Waals surface area contributed by atoms with Crippen LogP contribution >= 0.6 is 12.4 Å². The van der Waals surface area contributed by atoms with Crippen LogP contribution in [0.2, 0.25) is 0 Å². The van der Waals surface area contributed by atoms with Crippen LogP contribution in [-0.4, -0.2) is 63.2 Å². The molecule has 0 aromatic heterocycles. The Morgan fingerprint density at radius 2 is 2.11 bits per heavy atom. The Morgan fingerprint density at radius 1 is 1.32 bits per heavy atom. The lowest BCUT2D eigenvalue weighted by molar-refractivity contribution is -0.137. The molecule has 2 heterocycles. The van der Waals surface area contributed by atoms with E-state index in [0.29, 0.717) is 23.7 Å². The molecule has 2 atom stereocenters. The van der Waals surface area contributed by atoms with Gasteiger partial charge in [-0.1, -0.05) is 6.92 Å². The molecular formula is C20H30ClN3O4. The topological polar surface area (TPSA) is 71.1 Å². The average Bonchev–Trinajstić information content (AvgIpc) is 3.35. The van der Waals surface area contributed by atoms with E-state index in [4.69, 9.17) is 9.47 Å². The van der Waals surface area contributed by atoms with Gasteiger partial charge in [0.05, 0.1) is 25.8 Å². The van der Waals surface area contributed by atoms with Crippen molar-refractivity contribution in [2.24, 2.45) is 5.92 Å². The Balaban J connectivity index is 0.00000280. The van der Waals surface area contributed by atoms with Gasteiger partial charge in [-0.05, 0) is 31.5 Å². The number of hydrogen-bond acceptors (Lipinski definition) is 5. The molecule has 2 aliphatic heterocycles. The Morgan fingerprint density at radius 3 is 2.71 bits per heavy atom. The van der Waals surface area contributed by atoms with Crippen molar-refractivity contribution in [3.8, 4) is 11.5 Å². The summed E-state index contributed by atoms with van der Waals surface area (Å²) in [5.74, 6) is 0.974. The molecule has 2 amide bonds. The second-order valence-corrected chi connectivity index (χ2v) is 7.12. The maximum absolute atomic E-state index is 13.2. The van der Waals surface area contributed by atoms with E-state index in [2.05, 4.69) is 12.2 Å². The van der Waals surface area contributed by atoms with Gasteiger partial charge in [-0.3, -0.25) is 9.59 Å². The normalized spacial score (nSPS) is 21.4. The van der Waals surface area contributed by atoms with Gasteiger partial charge in [-0.2, -0.15) is 0 Å². The smallest absolute Gasteiger partial charge is 0.228 e. The third-order valence-corrected chi connectivity index (χ3v) is 5.37. The van der Waals surface area contributed by atoms with Crippen molar-refractivity contribution in [2.75, 3.05) is 45.3 Å². The van der Waals surface area contributed by atoms with Crippen LogP contribution < -0.4 is 19.7 Å². The molecule has 3 rings (SSSR count). The number of anilines is 1. The Kier molecular flexibility index (Phi) is 7.95. The summed E-state index contributed by atoms with van der Waals surface area (Å²) < 4.78 is 10.7. The minimum absolute atomic E-state index is 0. The Bertz CT molecular complexity index is 694. The first kappa shape index (κ1) is 22.3. The molecule has 0 saturated carbocycles. The Hall–Kier alpha value is -1.99. The van der Waals surface area contributed by atoms with Gasteiger partial charge >= 0.3 is 0 Å². The molecule has 1 aromatic rings. The number of ether oxygens (including phenoxy) is 2. The number of nitrogens with one attached hydrogen (secondary N) is 1. The highest BCUT2D eigenvalue weighted by Crippen LogP contribution is 2.36. The van der Waals surface area contributed by atoms with Crippen LogP contribution in [0.15, 0.2) is 18.2 Å². The molecule has 7 nitrogen and oxygen atoms in total. The van der Waals surface area contributed by atoms with Gasteiger partial charge in [0.25, 0.3) is 0 Å². The number of carbonyl (C=O) groups excluding carboxylic acids is 2. The molecule has 2 unspecified atom stereocenters. The maximum atomic E-state index is 13.2. The fourth-order valence-electron chi connectivity index (χ4n) is 3.97. The number of hydrogen-bond donors (Lipinski definition) is 1. The minimum Gasteiger partial charge on any atom is -0.497 e. The zero-order valence-electron chi connectivity index (χ0n) is 16.8. The van der Waals surface area contributed by atoms with E-state index in [-0.39, 0.29) is 42.6 Å². The number of rotatable bonds is 7. The molecule has 2 saturated heterocycles. The molecule has 2 fully saturated rings. The van der Waals surface area contributed by atoms with Crippen LogP contribution in [0.4, 0.5) is 5.69 Å². The molecular weight excluding hydrogens is 382 g/mol. The van der Waals surface area contributed by atoms with Crippen LogP contribution in [0.3, 0.4) is 0 Å². The number of carbonyl (C=O) groups is 2. The largest absolute Gasteiger partial charge is 0.497 e. The third-order valence-electron chi connectivity index (χ3n) is 5.37. The predicted molar refractivity (Wildman–Crippen MR) is 111 cm³/mol. The molecule has 0 aliphatic carbocycles. The molecule has 2 aliphatic rings. The first-order valence-corrected chi connectivity index (χ1v) is 9.62. The summed E-state index contributed by atoms with van der Waals surface area (Å²) in [6, 6.07) is 5.60. The summed E-state index contributed by atoms with van der Waals surface area (Å²) in [7, 11) is 3.15. The molecule has 8 heteroatoms. The van der Waals surface area contributed by atoms with Crippen LogP contribution in [0.5, 0.6) is 11.5 Å². The van der Waals surface area contributed by atoms with Gasteiger partial charge in [-0.25, -0.2) is 0 Å². The molecule has 156 valence electrons. The number of amides is 2. The monoisotopic (exact) mass is 411 g/mol. The number of methoxy groups -OCH3 is 2. The highest BCUT2D eigenvalue weighted by atomic mass is 35.5. The SMILES string of the molecule is CCCN(C(=O)C1CC(=O)N(c2ccc(OC)cc2OC)C1)C1CCNC1.Cl. The van der Waals surface area contributed by atoms with Gasteiger partial charge in [0, 0.05) is 38.2 Å². The van der Waals surface area contributed by atoms with Crippen LogP contribution in [0, 0.1) is 5.92 Å². The fourth-order valence-corrected chi connectivity index (χ4v) is 3.97. The van der Waals surface area contributed by atoms with Gasteiger partial charge < -0.3 is 24.6 Å². The van der Waals surface area contributed by atoms with Gasteiger partial charge in [0.1, 0.15) is 11.5 Å². The first-order chi connectivity index (χ1) is 13.1. The first-order valence-electron chi connectivity index (χ1n) is 9.62. The quantitative estimate of drug-likeness (QED) is 0.743. The van der Waals surface area contributed by atoms with Crippen molar-refractivity contribution < 1.29 is 19.1 Å². The van der Waals surface area contributed by atoms with Crippen molar-refractivity contribution in [1.82, 2.24) is 10.2 Å². The van der Waals surface area contributed by atoms with E-state index in [1.165, 1.54) is 0 Å². The van der Waals surface area contributed by atoms with Crippen LogP contribution in [0.1, 0.15) is 26.2 Å². The standard InChI is InChI=1S/C20H29N3O4.ClH/c1-4-9-22(15-7-8-21-12-15)20(25)14-10-19(24)23(13-14)17-6-5-16(26-2)11-18(17)27-3;/h5-6,11,14-15,21H,4,7-10,12-13H2,1-3H3;1H. The zero-order valence-corrected chi connectivity index (χ0v) is 17.6. The van der Waals surface area contributed by atoms with Crippen LogP contribution in [-0.2, 0) is 9.59 Å². The molecule has 0 spiro atoms. The third kappa shape index (κ3) is 4.52. The van der Waals surface area contributed by atoms with Gasteiger partial charge in [0.15, 0.2) is 0 Å². The van der Waals surface area contributed by atoms with Crippen molar-refractivity contribution in [2.45, 2.75) is 32.2 Å². The summed E-state index contributed by atoms with van der Waals surface area (Å²) in [6.07, 6.45) is 2.13. The van der Waals surface area contributed by atoms with E-state index >= 15 is 0 Å². The highest BCUT2D eigenvalue weighted by molar-refractivity contribution is 6.01. The van der Waals surface area contributed by atoms with E-state index in [1.807, 2.05) is 11.0 Å². The fraction of sp³-hybridized carbons (Fsp3) is 0.600. The summed E-state index contributed by atoms with van der Waals surface area (Å²) in [4.78, 5) is 29.5. The summed E-state index contributed by atoms with van der Waals surface area (Å²) in [5.41, 5.74) is 0.683. The zero-order chi connectivity index (χ0) is 19.4. The lowest BCUT2D eigenvalue weighted by Gasteiger charge is -2.30. The number of halogens is 1. The van der Waals surface area contributed by atoms with Gasteiger partial charge in [-0.15, -0.1) is 12.4 Å². The van der Waals surface area contributed by atoms with E-state index in [0.717, 1.165) is 32.5 Å². The van der Waals surface area contributed by atoms with Crippen molar-refractivity contribution >= 4 is 29.9 Å². The van der Waals surface area contributed by atoms with E-state index in [9.17, 15) is 9.59 Å². The van der Waals surface area contributed by atoms with Crippen molar-refractivity contribution in [1.29, 1.82) is 0 Å². The number of nitrogens with zero attached hydrogens (tertiary/aromatic N) is 2. The lowest BCUT2D eigenvalue weighted by Crippen LogP contribution is -2.45. The maximum Gasteiger partial charge on any atom is 0.228 e. The van der Waals surface area contributed by atoms with Crippen LogP contribution in [0.25, 0.3) is 0 Å². The minimum atomic E-state index is -0.309. The summed E-state index contributed by atoms with van der Waals surface area (Å²) in [6.45, 7) is 4.98. The molecule has 28 heavy (non-hydrogen) atoms. The number of benzene rings is 1. The average molecular weight is 412 g/mol. The van der Waals surface area contributed by atoms with Crippen molar-refractivity contribution in [3.05, 3.63) is 18.2 Å². The molecule has 1 aromatic carbocycles. The second kappa shape index (κ2) is 9.98. The second-order valence-electron chi connectivity index (χ2n) is 7.12. The predicted octanol–water partition coefficient (Wildman–Crippen LogP) is 2.08. The lowest BCUT2D eigenvalue weighted by atomic mass is 10.0. The molecule has 1 N–H and O–H groups in total. The van der Waals surface area contributed by atoms with Crippen molar-refractivity contribution in [3.63, 3.8) is 0 Å². The summed E-state index contributed by atoms with van der Waals surface area (Å²) >= 11 is 0. The highest BCUT2D eigenvalue weighted by Gasteiger charge is 2.40. The van der Waals surface area contributed by atoms with Gasteiger partial charge in [0.2, 0.25) is 11.8 Å². The summed E-state index contributed by atoms with van der Waals surface area (Å²) in [5, 5.41) is 3.33. The Labute approximate surface area is 172 Å². The molecule has 0 bridgehead atoms.